The maximum absolute atomic E-state index is 11.5. The van der Waals surface area contributed by atoms with Crippen LogP contribution in [0.5, 0.6) is 0 Å². The zero-order chi connectivity index (χ0) is 24.2. The summed E-state index contributed by atoms with van der Waals surface area (Å²) in [7, 11) is 0. The Labute approximate surface area is 207 Å². The maximum Gasteiger partial charge on any atom is 0.0655 e. The van der Waals surface area contributed by atoms with Crippen LogP contribution in [-0.2, 0) is 0 Å². The van der Waals surface area contributed by atoms with Crippen molar-refractivity contribution in [2.45, 2.75) is 144 Å². The summed E-state index contributed by atoms with van der Waals surface area (Å²) >= 11 is 0. The smallest absolute Gasteiger partial charge is 0.0655 e. The molecule has 0 aliphatic heterocycles. The fourth-order valence-electron chi connectivity index (χ4n) is 10.5. The van der Waals surface area contributed by atoms with E-state index < -0.39 is 5.60 Å². The Morgan fingerprint density at radius 2 is 1.52 bits per heavy atom. The number of aliphatic hydroxyl groups is 1. The predicted molar refractivity (Wildman–Crippen MR) is 142 cm³/mol. The van der Waals surface area contributed by atoms with Crippen LogP contribution in [0.2, 0.25) is 0 Å². The molecule has 33 heavy (non-hydrogen) atoms. The Morgan fingerprint density at radius 3 is 2.18 bits per heavy atom. The lowest BCUT2D eigenvalue weighted by Crippen LogP contribution is -2.56. The van der Waals surface area contributed by atoms with Gasteiger partial charge in [-0.2, -0.15) is 0 Å². The molecule has 1 heteroatoms. The topological polar surface area (TPSA) is 20.2 Å². The Bertz CT molecular complexity index is 674. The van der Waals surface area contributed by atoms with Gasteiger partial charge in [0.1, 0.15) is 0 Å². The molecule has 0 spiro atoms. The van der Waals surface area contributed by atoms with E-state index in [0.717, 1.165) is 60.7 Å². The van der Waals surface area contributed by atoms with Gasteiger partial charge in [-0.3, -0.25) is 0 Å². The average Bonchev–Trinajstić information content (AvgIpc) is 3.04. The van der Waals surface area contributed by atoms with E-state index in [4.69, 9.17) is 0 Å². The van der Waals surface area contributed by atoms with E-state index in [1.165, 1.54) is 64.2 Å². The lowest BCUT2D eigenvalue weighted by Gasteiger charge is -2.62. The van der Waals surface area contributed by atoms with Gasteiger partial charge in [0, 0.05) is 0 Å². The van der Waals surface area contributed by atoms with Crippen molar-refractivity contribution in [2.24, 2.45) is 57.7 Å². The van der Waals surface area contributed by atoms with E-state index in [1.807, 2.05) is 0 Å². The van der Waals surface area contributed by atoms with E-state index >= 15 is 0 Å². The van der Waals surface area contributed by atoms with Crippen LogP contribution in [0.3, 0.4) is 0 Å². The molecule has 4 rings (SSSR count). The van der Waals surface area contributed by atoms with Gasteiger partial charge in [-0.15, -0.1) is 0 Å². The lowest BCUT2D eigenvalue weighted by molar-refractivity contribution is -0.158. The minimum atomic E-state index is -0.414. The molecule has 4 saturated carbocycles. The van der Waals surface area contributed by atoms with Crippen molar-refractivity contribution in [3.05, 3.63) is 0 Å². The van der Waals surface area contributed by atoms with Crippen LogP contribution in [0.25, 0.3) is 0 Å². The Morgan fingerprint density at radius 1 is 0.818 bits per heavy atom. The van der Waals surface area contributed by atoms with Crippen LogP contribution in [-0.4, -0.2) is 10.7 Å². The SMILES string of the molecule is CC(C)CCC[C@@H](C)[C@@H]1CC[C@H]2[C@H]3CC[C@H]4C[C@@](O)(CC(C)(C)C)CC[C@]4(C)[C@@H]3CC[C@@]21C. The fourth-order valence-corrected chi connectivity index (χ4v) is 10.5. The Kier molecular flexibility index (Phi) is 7.19. The van der Waals surface area contributed by atoms with Gasteiger partial charge >= 0.3 is 0 Å². The van der Waals surface area contributed by atoms with Crippen molar-refractivity contribution >= 4 is 0 Å². The second kappa shape index (κ2) is 9.12. The minimum absolute atomic E-state index is 0.219. The molecular weight excluding hydrogens is 400 g/mol. The standard InChI is InChI=1S/C32H58O/c1-22(2)10-9-11-23(3)26-14-15-27-25-13-12-24-20-32(33,21-29(4,5)6)19-18-30(24,7)28(25)16-17-31(26,27)8/h22-28,33H,9-21H2,1-8H3/t23-,24+,25-,26+,27+,28-,30+,31-,32-/m1/s1. The van der Waals surface area contributed by atoms with Gasteiger partial charge < -0.3 is 5.11 Å². The van der Waals surface area contributed by atoms with Gasteiger partial charge in [0.2, 0.25) is 0 Å². The van der Waals surface area contributed by atoms with Gasteiger partial charge in [-0.1, -0.05) is 74.7 Å². The molecule has 0 heterocycles. The fraction of sp³-hybridized carbons (Fsp3) is 1.00. The number of hydrogen-bond acceptors (Lipinski definition) is 1. The quantitative estimate of drug-likeness (QED) is 0.420. The van der Waals surface area contributed by atoms with Gasteiger partial charge in [-0.25, -0.2) is 0 Å². The summed E-state index contributed by atoms with van der Waals surface area (Å²) in [6.07, 6.45) is 17.4. The molecule has 0 bridgehead atoms. The summed E-state index contributed by atoms with van der Waals surface area (Å²) in [6, 6.07) is 0. The van der Waals surface area contributed by atoms with Crippen molar-refractivity contribution < 1.29 is 5.11 Å². The van der Waals surface area contributed by atoms with E-state index in [2.05, 4.69) is 55.4 Å². The molecule has 9 atom stereocenters. The maximum atomic E-state index is 11.5. The number of rotatable bonds is 6. The highest BCUT2D eigenvalue weighted by Gasteiger charge is 2.61. The van der Waals surface area contributed by atoms with Gasteiger partial charge in [0.05, 0.1) is 5.60 Å². The first-order valence-electron chi connectivity index (χ1n) is 15.0. The van der Waals surface area contributed by atoms with E-state index in [9.17, 15) is 5.11 Å². The van der Waals surface area contributed by atoms with Crippen LogP contribution in [0.4, 0.5) is 0 Å². The van der Waals surface area contributed by atoms with Crippen LogP contribution >= 0.6 is 0 Å². The molecule has 0 aromatic rings. The number of fused-ring (bicyclic) bond motifs is 5. The van der Waals surface area contributed by atoms with Crippen molar-refractivity contribution in [1.29, 1.82) is 0 Å². The summed E-state index contributed by atoms with van der Waals surface area (Å²) in [5.74, 6) is 6.33. The molecule has 4 aliphatic carbocycles. The van der Waals surface area contributed by atoms with Crippen molar-refractivity contribution in [1.82, 2.24) is 0 Å². The molecule has 1 N–H and O–H groups in total. The molecule has 4 aliphatic rings. The van der Waals surface area contributed by atoms with Crippen molar-refractivity contribution in [3.8, 4) is 0 Å². The minimum Gasteiger partial charge on any atom is -0.390 e. The van der Waals surface area contributed by atoms with Gasteiger partial charge in [0.15, 0.2) is 0 Å². The van der Waals surface area contributed by atoms with E-state index in [-0.39, 0.29) is 5.41 Å². The molecule has 0 saturated heterocycles. The second-order valence-electron chi connectivity index (χ2n) is 15.9. The molecule has 0 unspecified atom stereocenters. The third kappa shape index (κ3) is 4.97. The van der Waals surface area contributed by atoms with E-state index in [0.29, 0.717) is 10.8 Å². The molecule has 192 valence electrons. The van der Waals surface area contributed by atoms with Crippen LogP contribution in [0.15, 0.2) is 0 Å². The third-order valence-electron chi connectivity index (χ3n) is 11.9. The molecule has 1 nitrogen and oxygen atoms in total. The molecule has 0 radical (unpaired) electrons. The molecule has 0 aromatic carbocycles. The normalized spacial score (nSPS) is 46.5. The second-order valence-corrected chi connectivity index (χ2v) is 15.9. The first-order valence-corrected chi connectivity index (χ1v) is 15.0. The van der Waals surface area contributed by atoms with Gasteiger partial charge in [-0.05, 0) is 122 Å². The zero-order valence-corrected chi connectivity index (χ0v) is 23.7. The Hall–Kier alpha value is -0.0400. The largest absolute Gasteiger partial charge is 0.390 e. The van der Waals surface area contributed by atoms with E-state index in [1.54, 1.807) is 0 Å². The summed E-state index contributed by atoms with van der Waals surface area (Å²) in [4.78, 5) is 0. The summed E-state index contributed by atoms with van der Waals surface area (Å²) < 4.78 is 0. The molecular formula is C32H58O. The zero-order valence-electron chi connectivity index (χ0n) is 23.7. The Balaban J connectivity index is 1.45. The first-order chi connectivity index (χ1) is 15.3. The number of hydrogen-bond donors (Lipinski definition) is 1. The molecule has 0 aromatic heterocycles. The summed E-state index contributed by atoms with van der Waals surface area (Å²) in [5, 5.41) is 11.5. The predicted octanol–water partition coefficient (Wildman–Crippen LogP) is 9.28. The highest BCUT2D eigenvalue weighted by Crippen LogP contribution is 2.69. The molecule has 0 amide bonds. The average molecular weight is 459 g/mol. The monoisotopic (exact) mass is 458 g/mol. The van der Waals surface area contributed by atoms with Crippen LogP contribution in [0.1, 0.15) is 139 Å². The highest BCUT2D eigenvalue weighted by molar-refractivity contribution is 5.11. The van der Waals surface area contributed by atoms with Crippen molar-refractivity contribution in [2.75, 3.05) is 0 Å². The summed E-state index contributed by atoms with van der Waals surface area (Å²) in [5.41, 5.74) is 0.887. The van der Waals surface area contributed by atoms with Crippen LogP contribution < -0.4 is 0 Å². The lowest BCUT2D eigenvalue weighted by atomic mass is 9.43. The van der Waals surface area contributed by atoms with Crippen molar-refractivity contribution in [3.63, 3.8) is 0 Å². The third-order valence-corrected chi connectivity index (χ3v) is 11.9. The van der Waals surface area contributed by atoms with Gasteiger partial charge in [0.25, 0.3) is 0 Å². The molecule has 4 fully saturated rings. The highest BCUT2D eigenvalue weighted by atomic mass is 16.3. The summed E-state index contributed by atoms with van der Waals surface area (Å²) in [6.45, 7) is 19.7. The first kappa shape index (κ1) is 26.0. The van der Waals surface area contributed by atoms with Crippen LogP contribution in [0, 0.1) is 57.7 Å².